The number of aromatic nitrogens is 3. The van der Waals surface area contributed by atoms with E-state index in [-0.39, 0.29) is 4.90 Å². The summed E-state index contributed by atoms with van der Waals surface area (Å²) in [6, 6.07) is 5.00. The highest BCUT2D eigenvalue weighted by molar-refractivity contribution is 7.89. The lowest BCUT2D eigenvalue weighted by Gasteiger charge is -2.10. The molecule has 0 atom stereocenters. The van der Waals surface area contributed by atoms with Gasteiger partial charge in [0.05, 0.1) is 5.69 Å². The monoisotopic (exact) mass is 309 g/mol. The van der Waals surface area contributed by atoms with Crippen molar-refractivity contribution in [3.05, 3.63) is 36.3 Å². The molecule has 114 valence electrons. The van der Waals surface area contributed by atoms with Gasteiger partial charge in [-0.3, -0.25) is 4.68 Å². The molecule has 2 aromatic heterocycles. The topological polar surface area (TPSA) is 88.9 Å². The first-order valence-corrected chi connectivity index (χ1v) is 8.18. The van der Waals surface area contributed by atoms with Crippen LogP contribution in [0, 0.1) is 0 Å². The number of rotatable bonds is 7. The van der Waals surface area contributed by atoms with Crippen molar-refractivity contribution in [2.45, 2.75) is 18.2 Å². The third-order valence-corrected chi connectivity index (χ3v) is 4.34. The molecule has 0 saturated carbocycles. The first-order valence-electron chi connectivity index (χ1n) is 6.70. The summed E-state index contributed by atoms with van der Waals surface area (Å²) < 4.78 is 28.9. The second-order valence-electron chi connectivity index (χ2n) is 4.51. The van der Waals surface area contributed by atoms with Gasteiger partial charge in [0.15, 0.2) is 0 Å². The molecule has 0 saturated heterocycles. The van der Waals surface area contributed by atoms with Crippen LogP contribution in [0.25, 0.3) is 0 Å². The van der Waals surface area contributed by atoms with Crippen LogP contribution < -0.4 is 10.0 Å². The molecule has 0 bridgehead atoms. The van der Waals surface area contributed by atoms with Crippen molar-refractivity contribution in [3.8, 4) is 0 Å². The summed E-state index contributed by atoms with van der Waals surface area (Å²) in [6.07, 6.45) is 3.93. The molecule has 21 heavy (non-hydrogen) atoms. The van der Waals surface area contributed by atoms with Crippen molar-refractivity contribution in [3.63, 3.8) is 0 Å². The van der Waals surface area contributed by atoms with Gasteiger partial charge in [-0.15, -0.1) is 0 Å². The van der Waals surface area contributed by atoms with Gasteiger partial charge in [0.1, 0.15) is 10.7 Å². The van der Waals surface area contributed by atoms with E-state index in [0.717, 1.165) is 5.69 Å². The Morgan fingerprint density at radius 3 is 2.81 bits per heavy atom. The molecule has 0 amide bonds. The first-order chi connectivity index (χ1) is 10.0. The van der Waals surface area contributed by atoms with E-state index in [4.69, 9.17) is 0 Å². The van der Waals surface area contributed by atoms with E-state index in [2.05, 4.69) is 20.1 Å². The van der Waals surface area contributed by atoms with E-state index in [9.17, 15) is 8.42 Å². The zero-order chi connectivity index (χ0) is 15.3. The molecule has 0 spiro atoms. The van der Waals surface area contributed by atoms with Gasteiger partial charge in [0.25, 0.3) is 0 Å². The van der Waals surface area contributed by atoms with Gasteiger partial charge in [-0.25, -0.2) is 18.1 Å². The van der Waals surface area contributed by atoms with E-state index >= 15 is 0 Å². The van der Waals surface area contributed by atoms with Crippen LogP contribution >= 0.6 is 0 Å². The molecule has 2 aromatic rings. The highest BCUT2D eigenvalue weighted by Crippen LogP contribution is 2.17. The second-order valence-corrected chi connectivity index (χ2v) is 6.24. The predicted octanol–water partition coefficient (Wildman–Crippen LogP) is 0.768. The molecule has 0 aromatic carbocycles. The molecule has 2 rings (SSSR count). The Labute approximate surface area is 124 Å². The number of sulfonamides is 1. The van der Waals surface area contributed by atoms with E-state index < -0.39 is 10.0 Å². The quantitative estimate of drug-likeness (QED) is 0.788. The number of nitrogens with one attached hydrogen (secondary N) is 2. The average molecular weight is 309 g/mol. The normalized spacial score (nSPS) is 11.5. The number of hydrogen-bond donors (Lipinski definition) is 2. The van der Waals surface area contributed by atoms with Gasteiger partial charge in [-0.1, -0.05) is 0 Å². The maximum Gasteiger partial charge on any atom is 0.244 e. The standard InChI is InChI=1S/C13H19N5O2S/c1-3-14-13-12(5-4-8-15-13)21(19,20)16-9-6-11-7-10-18(2)17-11/h4-5,7-8,10,16H,3,6,9H2,1-2H3,(H,14,15). The van der Waals surface area contributed by atoms with Crippen molar-refractivity contribution >= 4 is 15.8 Å². The van der Waals surface area contributed by atoms with Gasteiger partial charge >= 0.3 is 0 Å². The number of anilines is 1. The molecule has 0 aliphatic rings. The van der Waals surface area contributed by atoms with Crippen LogP contribution in [0.1, 0.15) is 12.6 Å². The summed E-state index contributed by atoms with van der Waals surface area (Å²) in [7, 11) is -1.76. The molecule has 2 N–H and O–H groups in total. The number of pyridine rings is 1. The zero-order valence-corrected chi connectivity index (χ0v) is 12.9. The molecule has 0 aliphatic carbocycles. The molecular formula is C13H19N5O2S. The Balaban J connectivity index is 2.04. The maximum absolute atomic E-state index is 12.3. The SMILES string of the molecule is CCNc1ncccc1S(=O)(=O)NCCc1ccn(C)n1. The summed E-state index contributed by atoms with van der Waals surface area (Å²) >= 11 is 0. The van der Waals surface area contributed by atoms with Crippen LogP contribution in [-0.2, 0) is 23.5 Å². The van der Waals surface area contributed by atoms with Crippen LogP contribution in [0.3, 0.4) is 0 Å². The smallest absolute Gasteiger partial charge is 0.244 e. The number of aryl methyl sites for hydroxylation is 1. The van der Waals surface area contributed by atoms with Gasteiger partial charge in [0, 0.05) is 39.0 Å². The van der Waals surface area contributed by atoms with E-state index in [1.54, 1.807) is 16.9 Å². The first kappa shape index (κ1) is 15.5. The number of nitrogens with zero attached hydrogens (tertiary/aromatic N) is 3. The van der Waals surface area contributed by atoms with Gasteiger partial charge in [-0.05, 0) is 25.1 Å². The van der Waals surface area contributed by atoms with Crippen LogP contribution in [0.15, 0.2) is 35.5 Å². The van der Waals surface area contributed by atoms with Crippen LogP contribution in [0.2, 0.25) is 0 Å². The van der Waals surface area contributed by atoms with Crippen LogP contribution in [0.4, 0.5) is 5.82 Å². The Morgan fingerprint density at radius 1 is 1.33 bits per heavy atom. The van der Waals surface area contributed by atoms with Gasteiger partial charge in [0.2, 0.25) is 10.0 Å². The summed E-state index contributed by atoms with van der Waals surface area (Å²) in [5.41, 5.74) is 0.846. The minimum Gasteiger partial charge on any atom is -0.369 e. The summed E-state index contributed by atoms with van der Waals surface area (Å²) in [5, 5.41) is 7.15. The predicted molar refractivity (Wildman–Crippen MR) is 80.5 cm³/mol. The molecule has 0 unspecified atom stereocenters. The molecule has 0 radical (unpaired) electrons. The van der Waals surface area contributed by atoms with Crippen LogP contribution in [-0.4, -0.2) is 36.3 Å². The fourth-order valence-corrected chi connectivity index (χ4v) is 3.06. The zero-order valence-electron chi connectivity index (χ0n) is 12.1. The van der Waals surface area contributed by atoms with E-state index in [1.807, 2.05) is 26.2 Å². The molecule has 0 fully saturated rings. The molecule has 8 heteroatoms. The maximum atomic E-state index is 12.3. The van der Waals surface area contributed by atoms with Crippen molar-refractivity contribution in [2.75, 3.05) is 18.4 Å². The van der Waals surface area contributed by atoms with E-state index in [1.165, 1.54) is 6.07 Å². The van der Waals surface area contributed by atoms with Gasteiger partial charge in [-0.2, -0.15) is 5.10 Å². The van der Waals surface area contributed by atoms with E-state index in [0.29, 0.717) is 25.3 Å². The Kier molecular flexibility index (Phi) is 4.92. The molecular weight excluding hydrogens is 290 g/mol. The van der Waals surface area contributed by atoms with Crippen molar-refractivity contribution in [1.82, 2.24) is 19.5 Å². The Hall–Kier alpha value is -1.93. The summed E-state index contributed by atoms with van der Waals surface area (Å²) in [5.74, 6) is 0.366. The molecule has 2 heterocycles. The lowest BCUT2D eigenvalue weighted by molar-refractivity contribution is 0.581. The third-order valence-electron chi connectivity index (χ3n) is 2.85. The van der Waals surface area contributed by atoms with Crippen LogP contribution in [0.5, 0.6) is 0 Å². The Bertz CT molecular complexity index is 696. The minimum absolute atomic E-state index is 0.160. The lowest BCUT2D eigenvalue weighted by Crippen LogP contribution is -2.27. The summed E-state index contributed by atoms with van der Waals surface area (Å²) in [4.78, 5) is 4.22. The molecule has 7 nitrogen and oxygen atoms in total. The van der Waals surface area contributed by atoms with Crippen molar-refractivity contribution in [2.24, 2.45) is 7.05 Å². The van der Waals surface area contributed by atoms with Crippen molar-refractivity contribution in [1.29, 1.82) is 0 Å². The lowest BCUT2D eigenvalue weighted by atomic mass is 10.3. The largest absolute Gasteiger partial charge is 0.369 e. The fraction of sp³-hybridized carbons (Fsp3) is 0.385. The minimum atomic E-state index is -3.59. The third kappa shape index (κ3) is 4.02. The fourth-order valence-electron chi connectivity index (χ4n) is 1.90. The highest BCUT2D eigenvalue weighted by atomic mass is 32.2. The summed E-state index contributed by atoms with van der Waals surface area (Å²) in [6.45, 7) is 2.78. The Morgan fingerprint density at radius 2 is 2.14 bits per heavy atom. The average Bonchev–Trinajstić information content (AvgIpc) is 2.85. The molecule has 0 aliphatic heterocycles. The van der Waals surface area contributed by atoms with Gasteiger partial charge < -0.3 is 5.32 Å². The number of hydrogen-bond acceptors (Lipinski definition) is 5. The van der Waals surface area contributed by atoms with Crippen molar-refractivity contribution < 1.29 is 8.42 Å². The second kappa shape index (κ2) is 6.68. The highest BCUT2D eigenvalue weighted by Gasteiger charge is 2.18.